The molecule has 5 aliphatic rings. The molecule has 2 heterocycles. The number of anilines is 1. The number of nitrogens with one attached hydrogen (secondary N) is 1. The van der Waals surface area contributed by atoms with Crippen LogP contribution >= 0.6 is 0 Å². The monoisotopic (exact) mass is 399 g/mol. The van der Waals surface area contributed by atoms with Crippen LogP contribution in [0.5, 0.6) is 0 Å². The summed E-state index contributed by atoms with van der Waals surface area (Å²) in [6.45, 7) is 4.17. The van der Waals surface area contributed by atoms with Crippen molar-refractivity contribution in [2.24, 2.45) is 24.8 Å². The second-order valence-corrected chi connectivity index (χ2v) is 10.4. The summed E-state index contributed by atoms with van der Waals surface area (Å²) in [6, 6.07) is 0.639. The zero-order chi connectivity index (χ0) is 20.5. The molecule has 4 saturated carbocycles. The maximum Gasteiger partial charge on any atom is 0.272 e. The molecular weight excluding hydrogens is 365 g/mol. The standard InChI is InChI=1S/C21H34BN5O2/c1-12-17(24-26(3)20(12)25(2)16-4-5-27(22)11-16)19(28)23-18-14-6-13-7-15(18)10-21(29,8-13)9-14/h13-16,18,29H,4-11,22H2,1-3H3,(H,23,28)/t13?,14?,15?,16-,18-,21-/m0/s1. The number of hydrogen-bond acceptors (Lipinski definition) is 5. The Morgan fingerprint density at radius 1 is 1.31 bits per heavy atom. The number of rotatable bonds is 4. The lowest BCUT2D eigenvalue weighted by Crippen LogP contribution is -2.61. The van der Waals surface area contributed by atoms with Crippen LogP contribution in [-0.4, -0.2) is 71.4 Å². The average Bonchev–Trinajstić information content (AvgIpc) is 3.19. The van der Waals surface area contributed by atoms with Crippen molar-refractivity contribution in [3.63, 3.8) is 0 Å². The van der Waals surface area contributed by atoms with Gasteiger partial charge in [-0.2, -0.15) is 5.10 Å². The summed E-state index contributed by atoms with van der Waals surface area (Å²) in [5.74, 6) is 2.46. The van der Waals surface area contributed by atoms with Gasteiger partial charge in [-0.05, 0) is 69.7 Å². The van der Waals surface area contributed by atoms with E-state index in [2.05, 4.69) is 35.2 Å². The van der Waals surface area contributed by atoms with E-state index < -0.39 is 5.60 Å². The summed E-state index contributed by atoms with van der Waals surface area (Å²) in [5, 5.41) is 18.8. The molecular formula is C21H34BN5O2. The van der Waals surface area contributed by atoms with E-state index in [1.54, 1.807) is 0 Å². The van der Waals surface area contributed by atoms with Crippen LogP contribution in [0.4, 0.5) is 5.82 Å². The fourth-order valence-electron chi connectivity index (χ4n) is 7.17. The number of aryl methyl sites for hydroxylation is 1. The number of likely N-dealkylation sites (N-methyl/N-ethyl adjacent to an activating group) is 1. The fourth-order valence-corrected chi connectivity index (χ4v) is 7.17. The van der Waals surface area contributed by atoms with E-state index in [0.717, 1.165) is 63.0 Å². The van der Waals surface area contributed by atoms with Crippen molar-refractivity contribution in [2.45, 2.75) is 63.1 Å². The minimum Gasteiger partial charge on any atom is -0.390 e. The van der Waals surface area contributed by atoms with Gasteiger partial charge in [0.05, 0.1) is 5.60 Å². The van der Waals surface area contributed by atoms with E-state index in [9.17, 15) is 9.90 Å². The first-order chi connectivity index (χ1) is 13.7. The molecule has 1 amide bonds. The van der Waals surface area contributed by atoms with Crippen molar-refractivity contribution in [2.75, 3.05) is 25.0 Å². The lowest BCUT2D eigenvalue weighted by Gasteiger charge is -2.58. The van der Waals surface area contributed by atoms with Crippen molar-refractivity contribution < 1.29 is 9.90 Å². The van der Waals surface area contributed by atoms with E-state index in [4.69, 9.17) is 0 Å². The summed E-state index contributed by atoms with van der Waals surface area (Å²) in [4.78, 5) is 17.9. The first-order valence-electron chi connectivity index (χ1n) is 11.2. The third-order valence-corrected chi connectivity index (χ3v) is 8.25. The Kier molecular flexibility index (Phi) is 4.51. The summed E-state index contributed by atoms with van der Waals surface area (Å²) in [6.07, 6.45) is 6.08. The molecule has 5 fully saturated rings. The quantitative estimate of drug-likeness (QED) is 0.720. The Morgan fingerprint density at radius 2 is 2.00 bits per heavy atom. The smallest absolute Gasteiger partial charge is 0.272 e. The molecule has 7 nitrogen and oxygen atoms in total. The number of hydrogen-bond donors (Lipinski definition) is 2. The molecule has 1 aromatic heterocycles. The van der Waals surface area contributed by atoms with Gasteiger partial charge in [0.25, 0.3) is 5.91 Å². The van der Waals surface area contributed by atoms with Crippen molar-refractivity contribution in [3.8, 4) is 0 Å². The van der Waals surface area contributed by atoms with Gasteiger partial charge in [-0.3, -0.25) is 9.48 Å². The molecule has 0 radical (unpaired) electrons. The van der Waals surface area contributed by atoms with E-state index in [-0.39, 0.29) is 11.9 Å². The number of nitrogens with zero attached hydrogens (tertiary/aromatic N) is 4. The number of carbonyl (C=O) groups excluding carboxylic acids is 1. The molecule has 2 unspecified atom stereocenters. The Balaban J connectivity index is 1.33. The number of carbonyl (C=O) groups is 1. The zero-order valence-electron chi connectivity index (χ0n) is 18.2. The van der Waals surface area contributed by atoms with Crippen LogP contribution in [0.2, 0.25) is 0 Å². The molecule has 158 valence electrons. The van der Waals surface area contributed by atoms with Gasteiger partial charge in [-0.1, -0.05) is 0 Å². The molecule has 1 aliphatic heterocycles. The minimum absolute atomic E-state index is 0.0502. The minimum atomic E-state index is -0.469. The SMILES string of the molecule is BN1CC[C@H](N(C)c2c(C)c(C(=O)N[C@H]3C4CC5CC3C[C@](O)(C5)C4)nn2C)C1. The molecule has 6 rings (SSSR count). The van der Waals surface area contributed by atoms with Crippen LogP contribution in [0.1, 0.15) is 54.6 Å². The molecule has 4 aliphatic carbocycles. The maximum absolute atomic E-state index is 13.2. The third-order valence-electron chi connectivity index (χ3n) is 8.25. The molecule has 29 heavy (non-hydrogen) atoms. The first-order valence-corrected chi connectivity index (χ1v) is 11.2. The van der Waals surface area contributed by atoms with Crippen molar-refractivity contribution >= 4 is 19.7 Å². The highest BCUT2D eigenvalue weighted by Gasteiger charge is 2.55. The van der Waals surface area contributed by atoms with Gasteiger partial charge in [0.2, 0.25) is 0 Å². The maximum atomic E-state index is 13.2. The first kappa shape index (κ1) is 19.4. The molecule has 1 saturated heterocycles. The number of aliphatic hydroxyl groups is 1. The molecule has 0 aromatic carbocycles. The van der Waals surface area contributed by atoms with Crippen LogP contribution in [0.25, 0.3) is 0 Å². The van der Waals surface area contributed by atoms with Crippen LogP contribution in [0.15, 0.2) is 0 Å². The van der Waals surface area contributed by atoms with E-state index in [1.807, 2.05) is 18.7 Å². The van der Waals surface area contributed by atoms with Gasteiger partial charge in [-0.25, -0.2) is 0 Å². The molecule has 3 atom stereocenters. The predicted octanol–water partition coefficient (Wildman–Crippen LogP) is 0.457. The summed E-state index contributed by atoms with van der Waals surface area (Å²) in [5.41, 5.74) is 1.04. The molecule has 4 bridgehead atoms. The van der Waals surface area contributed by atoms with Gasteiger partial charge in [-0.15, -0.1) is 0 Å². The lowest BCUT2D eigenvalue weighted by molar-refractivity contribution is -0.136. The van der Waals surface area contributed by atoms with Crippen LogP contribution in [0.3, 0.4) is 0 Å². The fraction of sp³-hybridized carbons (Fsp3) is 0.810. The molecule has 1 aromatic rings. The van der Waals surface area contributed by atoms with Crippen LogP contribution in [-0.2, 0) is 7.05 Å². The van der Waals surface area contributed by atoms with Crippen molar-refractivity contribution in [1.29, 1.82) is 0 Å². The van der Waals surface area contributed by atoms with Crippen LogP contribution in [0, 0.1) is 24.7 Å². The normalized spacial score (nSPS) is 38.6. The second kappa shape index (κ2) is 6.74. The Bertz CT molecular complexity index is 810. The van der Waals surface area contributed by atoms with Gasteiger partial charge in [0.15, 0.2) is 13.7 Å². The topological polar surface area (TPSA) is 73.6 Å². The van der Waals surface area contributed by atoms with Gasteiger partial charge < -0.3 is 20.1 Å². The summed E-state index contributed by atoms with van der Waals surface area (Å²) >= 11 is 0. The van der Waals surface area contributed by atoms with Crippen LogP contribution < -0.4 is 10.2 Å². The average molecular weight is 399 g/mol. The predicted molar refractivity (Wildman–Crippen MR) is 115 cm³/mol. The van der Waals surface area contributed by atoms with Gasteiger partial charge >= 0.3 is 0 Å². The van der Waals surface area contributed by atoms with Gasteiger partial charge in [0.1, 0.15) is 5.82 Å². The Morgan fingerprint density at radius 3 is 2.59 bits per heavy atom. The summed E-state index contributed by atoms with van der Waals surface area (Å²) < 4.78 is 1.86. The largest absolute Gasteiger partial charge is 0.390 e. The zero-order valence-corrected chi connectivity index (χ0v) is 18.2. The van der Waals surface area contributed by atoms with E-state index in [0.29, 0.717) is 29.5 Å². The van der Waals surface area contributed by atoms with Crippen molar-refractivity contribution in [3.05, 3.63) is 11.3 Å². The Labute approximate surface area is 174 Å². The third kappa shape index (κ3) is 3.19. The lowest BCUT2D eigenvalue weighted by atomic mass is 9.52. The van der Waals surface area contributed by atoms with Gasteiger partial charge in [0, 0.05) is 38.3 Å². The number of amides is 1. The highest BCUT2D eigenvalue weighted by atomic mass is 16.3. The molecule has 8 heteroatoms. The van der Waals surface area contributed by atoms with E-state index >= 15 is 0 Å². The molecule has 0 spiro atoms. The number of aromatic nitrogens is 2. The summed E-state index contributed by atoms with van der Waals surface area (Å²) in [7, 11) is 6.21. The highest BCUT2D eigenvalue weighted by Crippen LogP contribution is 2.55. The Hall–Kier alpha value is -1.54. The second-order valence-electron chi connectivity index (χ2n) is 10.4. The highest BCUT2D eigenvalue weighted by molar-refractivity contribution is 6.04. The van der Waals surface area contributed by atoms with Crippen molar-refractivity contribution in [1.82, 2.24) is 19.9 Å². The molecule has 2 N–H and O–H groups in total. The van der Waals surface area contributed by atoms with E-state index in [1.165, 1.54) is 0 Å².